The van der Waals surface area contributed by atoms with Gasteiger partial charge in [-0.3, -0.25) is 9.69 Å². The standard InChI is InChI=1S/C13H17N5O2/c19-13(14-4-5-18-6-8-20-9-7-18)10-2-1-3-11-12(10)16-17-15-11/h1-3H,4-9H2,(H,14,19)(H,15,16,17). The van der Waals surface area contributed by atoms with Crippen LogP contribution in [0.3, 0.4) is 0 Å². The van der Waals surface area contributed by atoms with Crippen LogP contribution in [-0.4, -0.2) is 65.6 Å². The molecular formula is C13H17N5O2. The molecule has 1 saturated heterocycles. The molecule has 1 aliphatic rings. The fraction of sp³-hybridized carbons (Fsp3) is 0.462. The summed E-state index contributed by atoms with van der Waals surface area (Å²) in [5, 5.41) is 13.5. The smallest absolute Gasteiger partial charge is 0.253 e. The van der Waals surface area contributed by atoms with Gasteiger partial charge in [-0.05, 0) is 12.1 Å². The highest BCUT2D eigenvalue weighted by Gasteiger charge is 2.13. The van der Waals surface area contributed by atoms with E-state index < -0.39 is 0 Å². The number of carbonyl (C=O) groups excluding carboxylic acids is 1. The minimum atomic E-state index is -0.113. The molecule has 106 valence electrons. The van der Waals surface area contributed by atoms with Crippen molar-refractivity contribution in [2.45, 2.75) is 0 Å². The molecule has 0 spiro atoms. The van der Waals surface area contributed by atoms with Crippen molar-refractivity contribution in [3.63, 3.8) is 0 Å². The fourth-order valence-electron chi connectivity index (χ4n) is 2.30. The van der Waals surface area contributed by atoms with Gasteiger partial charge in [0, 0.05) is 26.2 Å². The van der Waals surface area contributed by atoms with Crippen LogP contribution < -0.4 is 5.32 Å². The zero-order valence-corrected chi connectivity index (χ0v) is 11.1. The average Bonchev–Trinajstić information content (AvgIpc) is 2.96. The fourth-order valence-corrected chi connectivity index (χ4v) is 2.30. The number of rotatable bonds is 4. The van der Waals surface area contributed by atoms with Gasteiger partial charge < -0.3 is 10.1 Å². The second kappa shape index (κ2) is 5.98. The third kappa shape index (κ3) is 2.78. The molecule has 20 heavy (non-hydrogen) atoms. The molecule has 0 aliphatic carbocycles. The van der Waals surface area contributed by atoms with Gasteiger partial charge in [0.05, 0.1) is 18.8 Å². The summed E-state index contributed by atoms with van der Waals surface area (Å²) in [4.78, 5) is 14.4. The number of hydrogen-bond donors (Lipinski definition) is 2. The van der Waals surface area contributed by atoms with E-state index >= 15 is 0 Å². The normalized spacial score (nSPS) is 16.4. The first kappa shape index (κ1) is 13.0. The molecule has 7 heteroatoms. The Morgan fingerprint density at radius 2 is 2.20 bits per heavy atom. The second-order valence-electron chi connectivity index (χ2n) is 4.71. The van der Waals surface area contributed by atoms with Crippen molar-refractivity contribution in [2.75, 3.05) is 39.4 Å². The summed E-state index contributed by atoms with van der Waals surface area (Å²) < 4.78 is 5.29. The average molecular weight is 275 g/mol. The number of nitrogens with zero attached hydrogens (tertiary/aromatic N) is 3. The van der Waals surface area contributed by atoms with Crippen LogP contribution in [0.1, 0.15) is 10.4 Å². The SMILES string of the molecule is O=C(NCCN1CCOCC1)c1cccc2n[nH]nc12. The largest absolute Gasteiger partial charge is 0.379 e. The summed E-state index contributed by atoms with van der Waals surface area (Å²) in [5.41, 5.74) is 1.86. The lowest BCUT2D eigenvalue weighted by Crippen LogP contribution is -2.41. The van der Waals surface area contributed by atoms with E-state index in [1.165, 1.54) is 0 Å². The first-order valence-corrected chi connectivity index (χ1v) is 6.72. The maximum absolute atomic E-state index is 12.2. The maximum Gasteiger partial charge on any atom is 0.253 e. The third-order valence-electron chi connectivity index (χ3n) is 3.41. The van der Waals surface area contributed by atoms with Crippen molar-refractivity contribution in [1.29, 1.82) is 0 Å². The first-order valence-electron chi connectivity index (χ1n) is 6.72. The van der Waals surface area contributed by atoms with Gasteiger partial charge in [-0.1, -0.05) is 6.07 Å². The van der Waals surface area contributed by atoms with Gasteiger partial charge in [0.1, 0.15) is 11.0 Å². The molecule has 0 radical (unpaired) electrons. The van der Waals surface area contributed by atoms with Crippen LogP contribution in [0.4, 0.5) is 0 Å². The highest BCUT2D eigenvalue weighted by Crippen LogP contribution is 2.13. The van der Waals surface area contributed by atoms with E-state index in [1.54, 1.807) is 6.07 Å². The Kier molecular flexibility index (Phi) is 3.89. The van der Waals surface area contributed by atoms with Crippen molar-refractivity contribution in [3.8, 4) is 0 Å². The number of para-hydroxylation sites is 1. The summed E-state index contributed by atoms with van der Waals surface area (Å²) in [7, 11) is 0. The van der Waals surface area contributed by atoms with E-state index in [9.17, 15) is 4.79 Å². The van der Waals surface area contributed by atoms with E-state index in [0.717, 1.165) is 32.8 Å². The predicted molar refractivity (Wildman–Crippen MR) is 73.5 cm³/mol. The Labute approximate surface area is 116 Å². The molecule has 1 aromatic heterocycles. The number of aromatic amines is 1. The van der Waals surface area contributed by atoms with Gasteiger partial charge in [-0.2, -0.15) is 15.4 Å². The Hall–Kier alpha value is -1.99. The Balaban J connectivity index is 1.57. The van der Waals surface area contributed by atoms with Crippen molar-refractivity contribution < 1.29 is 9.53 Å². The van der Waals surface area contributed by atoms with Crippen molar-refractivity contribution in [3.05, 3.63) is 23.8 Å². The third-order valence-corrected chi connectivity index (χ3v) is 3.41. The molecule has 2 heterocycles. The molecule has 1 amide bonds. The van der Waals surface area contributed by atoms with E-state index in [4.69, 9.17) is 4.74 Å². The van der Waals surface area contributed by atoms with Gasteiger partial charge in [0.25, 0.3) is 5.91 Å². The minimum Gasteiger partial charge on any atom is -0.379 e. The lowest BCUT2D eigenvalue weighted by molar-refractivity contribution is 0.0383. The van der Waals surface area contributed by atoms with Gasteiger partial charge in [-0.15, -0.1) is 0 Å². The van der Waals surface area contributed by atoms with Crippen LogP contribution >= 0.6 is 0 Å². The van der Waals surface area contributed by atoms with E-state index in [0.29, 0.717) is 23.1 Å². The van der Waals surface area contributed by atoms with E-state index in [2.05, 4.69) is 25.6 Å². The lowest BCUT2D eigenvalue weighted by atomic mass is 10.1. The predicted octanol–water partition coefficient (Wildman–Crippen LogP) is 0.0199. The topological polar surface area (TPSA) is 83.1 Å². The van der Waals surface area contributed by atoms with Crippen LogP contribution in [0.25, 0.3) is 11.0 Å². The summed E-state index contributed by atoms with van der Waals surface area (Å²) in [6.45, 7) is 4.85. The number of aromatic nitrogens is 3. The summed E-state index contributed by atoms with van der Waals surface area (Å²) in [6, 6.07) is 5.39. The highest BCUT2D eigenvalue weighted by molar-refractivity contribution is 6.04. The first-order chi connectivity index (χ1) is 9.84. The van der Waals surface area contributed by atoms with Crippen LogP contribution in [0, 0.1) is 0 Å². The quantitative estimate of drug-likeness (QED) is 0.822. The van der Waals surface area contributed by atoms with Crippen LogP contribution in [0.2, 0.25) is 0 Å². The number of fused-ring (bicyclic) bond motifs is 1. The number of ether oxygens (including phenoxy) is 1. The van der Waals surface area contributed by atoms with Gasteiger partial charge in [0.15, 0.2) is 0 Å². The Bertz CT molecular complexity index is 591. The maximum atomic E-state index is 12.2. The molecular weight excluding hydrogens is 258 g/mol. The molecule has 1 fully saturated rings. The number of benzene rings is 1. The molecule has 3 rings (SSSR count). The Morgan fingerprint density at radius 1 is 1.35 bits per heavy atom. The van der Waals surface area contributed by atoms with Gasteiger partial charge >= 0.3 is 0 Å². The number of H-pyrrole nitrogens is 1. The molecule has 2 aromatic rings. The molecule has 0 bridgehead atoms. The van der Waals surface area contributed by atoms with Crippen LogP contribution in [0.5, 0.6) is 0 Å². The zero-order chi connectivity index (χ0) is 13.8. The van der Waals surface area contributed by atoms with Gasteiger partial charge in [-0.25, -0.2) is 0 Å². The van der Waals surface area contributed by atoms with E-state index in [1.807, 2.05) is 12.1 Å². The highest BCUT2D eigenvalue weighted by atomic mass is 16.5. The zero-order valence-electron chi connectivity index (χ0n) is 11.1. The molecule has 0 atom stereocenters. The lowest BCUT2D eigenvalue weighted by Gasteiger charge is -2.26. The van der Waals surface area contributed by atoms with Crippen molar-refractivity contribution in [2.24, 2.45) is 0 Å². The van der Waals surface area contributed by atoms with Crippen molar-refractivity contribution >= 4 is 16.9 Å². The minimum absolute atomic E-state index is 0.113. The van der Waals surface area contributed by atoms with Crippen molar-refractivity contribution in [1.82, 2.24) is 25.6 Å². The molecule has 1 aromatic carbocycles. The summed E-state index contributed by atoms with van der Waals surface area (Å²) >= 11 is 0. The Morgan fingerprint density at radius 3 is 3.05 bits per heavy atom. The number of carbonyl (C=O) groups is 1. The molecule has 0 unspecified atom stereocenters. The van der Waals surface area contributed by atoms with Gasteiger partial charge in [0.2, 0.25) is 0 Å². The molecule has 7 nitrogen and oxygen atoms in total. The molecule has 1 aliphatic heterocycles. The number of nitrogens with one attached hydrogen (secondary N) is 2. The van der Waals surface area contributed by atoms with Crippen LogP contribution in [0.15, 0.2) is 18.2 Å². The molecule has 0 saturated carbocycles. The molecule has 2 N–H and O–H groups in total. The number of hydrogen-bond acceptors (Lipinski definition) is 5. The summed E-state index contributed by atoms with van der Waals surface area (Å²) in [5.74, 6) is -0.113. The monoisotopic (exact) mass is 275 g/mol. The number of morpholine rings is 1. The van der Waals surface area contributed by atoms with E-state index in [-0.39, 0.29) is 5.91 Å². The van der Waals surface area contributed by atoms with Crippen LogP contribution in [-0.2, 0) is 4.74 Å². The summed E-state index contributed by atoms with van der Waals surface area (Å²) in [6.07, 6.45) is 0. The second-order valence-corrected chi connectivity index (χ2v) is 4.71. The number of amides is 1.